The number of aromatic hydroxyl groups is 1. The molecule has 0 spiro atoms. The molecule has 0 atom stereocenters. The minimum atomic E-state index is -0.950. The highest BCUT2D eigenvalue weighted by Gasteiger charge is 2.07. The average molecular weight is 250 g/mol. The highest BCUT2D eigenvalue weighted by molar-refractivity contribution is 7.12. The Bertz CT molecular complexity index is 516. The summed E-state index contributed by atoms with van der Waals surface area (Å²) in [4.78, 5) is 10.9. The van der Waals surface area contributed by atoms with E-state index in [0.29, 0.717) is 12.4 Å². The Kier molecular flexibility index (Phi) is 3.30. The summed E-state index contributed by atoms with van der Waals surface area (Å²) in [6.45, 7) is 0.343. The molecule has 0 aliphatic heterocycles. The summed E-state index contributed by atoms with van der Waals surface area (Å²) < 4.78 is 5.43. The first-order chi connectivity index (χ1) is 8.15. The Morgan fingerprint density at radius 2 is 2.00 bits per heavy atom. The number of hydrogen-bond acceptors (Lipinski definition) is 4. The molecule has 1 heterocycles. The Hall–Kier alpha value is -2.01. The number of carboxylic acids is 1. The third kappa shape index (κ3) is 2.98. The number of benzene rings is 1. The number of aromatic carboxylic acids is 1. The molecule has 0 amide bonds. The second-order valence-electron chi connectivity index (χ2n) is 3.41. The number of phenols is 1. The Balaban J connectivity index is 1.97. The van der Waals surface area contributed by atoms with Gasteiger partial charge in [-0.1, -0.05) is 12.1 Å². The standard InChI is InChI=1S/C12H10O4S/c13-9-3-1-8(2-4-9)6-16-10-5-11(12(14)15)17-7-10/h1-5,7,13H,6H2,(H,14,15). The molecule has 17 heavy (non-hydrogen) atoms. The summed E-state index contributed by atoms with van der Waals surface area (Å²) in [6.07, 6.45) is 0. The molecule has 0 bridgehead atoms. The van der Waals surface area contributed by atoms with E-state index < -0.39 is 5.97 Å². The molecule has 0 aliphatic carbocycles. The molecular formula is C12H10O4S. The largest absolute Gasteiger partial charge is 0.508 e. The van der Waals surface area contributed by atoms with Gasteiger partial charge >= 0.3 is 5.97 Å². The van der Waals surface area contributed by atoms with Crippen LogP contribution in [0.4, 0.5) is 0 Å². The Morgan fingerprint density at radius 3 is 2.59 bits per heavy atom. The first kappa shape index (κ1) is 11.5. The van der Waals surface area contributed by atoms with Gasteiger partial charge in [0.1, 0.15) is 23.0 Å². The van der Waals surface area contributed by atoms with Gasteiger partial charge in [-0.3, -0.25) is 0 Å². The van der Waals surface area contributed by atoms with Gasteiger partial charge in [0.15, 0.2) is 0 Å². The average Bonchev–Trinajstić information content (AvgIpc) is 2.77. The molecule has 1 aromatic heterocycles. The number of rotatable bonds is 4. The summed E-state index contributed by atoms with van der Waals surface area (Å²) in [5.41, 5.74) is 0.908. The quantitative estimate of drug-likeness (QED) is 0.875. The van der Waals surface area contributed by atoms with Gasteiger partial charge in [0.25, 0.3) is 0 Å². The highest BCUT2D eigenvalue weighted by atomic mass is 32.1. The number of carbonyl (C=O) groups is 1. The lowest BCUT2D eigenvalue weighted by Crippen LogP contribution is -1.94. The van der Waals surface area contributed by atoms with Crippen LogP contribution < -0.4 is 4.74 Å². The van der Waals surface area contributed by atoms with Crippen LogP contribution in [0.25, 0.3) is 0 Å². The van der Waals surface area contributed by atoms with Crippen LogP contribution in [0.1, 0.15) is 15.2 Å². The maximum Gasteiger partial charge on any atom is 0.346 e. The van der Waals surface area contributed by atoms with E-state index in [2.05, 4.69) is 0 Å². The van der Waals surface area contributed by atoms with E-state index in [1.807, 2.05) is 0 Å². The van der Waals surface area contributed by atoms with Crippen molar-refractivity contribution in [2.75, 3.05) is 0 Å². The minimum absolute atomic E-state index is 0.206. The number of thiophene rings is 1. The predicted molar refractivity (Wildman–Crippen MR) is 63.7 cm³/mol. The van der Waals surface area contributed by atoms with Crippen molar-refractivity contribution in [1.82, 2.24) is 0 Å². The third-order valence-corrected chi connectivity index (χ3v) is 3.02. The highest BCUT2D eigenvalue weighted by Crippen LogP contribution is 2.22. The fraction of sp³-hybridized carbons (Fsp3) is 0.0833. The predicted octanol–water partition coefficient (Wildman–Crippen LogP) is 2.73. The lowest BCUT2D eigenvalue weighted by molar-refractivity contribution is 0.0702. The zero-order valence-electron chi connectivity index (χ0n) is 8.79. The maximum absolute atomic E-state index is 10.7. The van der Waals surface area contributed by atoms with Crippen molar-refractivity contribution in [2.45, 2.75) is 6.61 Å². The molecule has 4 nitrogen and oxygen atoms in total. The van der Waals surface area contributed by atoms with E-state index in [4.69, 9.17) is 14.9 Å². The lowest BCUT2D eigenvalue weighted by Gasteiger charge is -2.03. The van der Waals surface area contributed by atoms with Crippen LogP contribution in [0.15, 0.2) is 35.7 Å². The molecule has 0 saturated heterocycles. The van der Waals surface area contributed by atoms with Gasteiger partial charge in [-0.2, -0.15) is 0 Å². The molecule has 2 rings (SSSR count). The molecule has 0 fully saturated rings. The molecule has 88 valence electrons. The molecule has 0 radical (unpaired) electrons. The molecule has 2 N–H and O–H groups in total. The normalized spacial score (nSPS) is 10.1. The molecule has 1 aromatic carbocycles. The SMILES string of the molecule is O=C(O)c1cc(OCc2ccc(O)cc2)cs1. The van der Waals surface area contributed by atoms with Crippen molar-refractivity contribution in [3.8, 4) is 11.5 Å². The van der Waals surface area contributed by atoms with Gasteiger partial charge in [-0.05, 0) is 17.7 Å². The van der Waals surface area contributed by atoms with Gasteiger partial charge in [0, 0.05) is 11.4 Å². The monoisotopic (exact) mass is 250 g/mol. The summed E-state index contributed by atoms with van der Waals surface area (Å²) in [6, 6.07) is 8.15. The minimum Gasteiger partial charge on any atom is -0.508 e. The number of phenolic OH excluding ortho intramolecular Hbond substituents is 1. The van der Waals surface area contributed by atoms with Gasteiger partial charge in [-0.25, -0.2) is 4.79 Å². The molecule has 0 saturated carbocycles. The van der Waals surface area contributed by atoms with E-state index in [1.165, 1.54) is 6.07 Å². The van der Waals surface area contributed by atoms with Crippen LogP contribution in [-0.4, -0.2) is 16.2 Å². The van der Waals surface area contributed by atoms with Crippen molar-refractivity contribution in [3.63, 3.8) is 0 Å². The molecular weight excluding hydrogens is 240 g/mol. The molecule has 0 unspecified atom stereocenters. The van der Waals surface area contributed by atoms with Crippen molar-refractivity contribution in [2.24, 2.45) is 0 Å². The van der Waals surface area contributed by atoms with Crippen LogP contribution in [0.2, 0.25) is 0 Å². The van der Waals surface area contributed by atoms with Crippen LogP contribution in [0.5, 0.6) is 11.5 Å². The van der Waals surface area contributed by atoms with Gasteiger partial charge in [0.05, 0.1) is 0 Å². The zero-order valence-corrected chi connectivity index (χ0v) is 9.61. The van der Waals surface area contributed by atoms with E-state index in [0.717, 1.165) is 16.9 Å². The van der Waals surface area contributed by atoms with Gasteiger partial charge < -0.3 is 14.9 Å². The Morgan fingerprint density at radius 1 is 1.29 bits per heavy atom. The molecule has 2 aromatic rings. The van der Waals surface area contributed by atoms with Crippen LogP contribution in [0.3, 0.4) is 0 Å². The lowest BCUT2D eigenvalue weighted by atomic mass is 10.2. The first-order valence-corrected chi connectivity index (χ1v) is 5.75. The third-order valence-electron chi connectivity index (χ3n) is 2.13. The molecule has 0 aliphatic rings. The van der Waals surface area contributed by atoms with E-state index in [1.54, 1.807) is 29.6 Å². The summed E-state index contributed by atoms with van der Waals surface area (Å²) in [5.74, 6) is -0.201. The van der Waals surface area contributed by atoms with Crippen LogP contribution >= 0.6 is 11.3 Å². The van der Waals surface area contributed by atoms with E-state index >= 15 is 0 Å². The van der Waals surface area contributed by atoms with Crippen LogP contribution in [-0.2, 0) is 6.61 Å². The van der Waals surface area contributed by atoms with Gasteiger partial charge in [-0.15, -0.1) is 11.3 Å². The number of hydrogen-bond donors (Lipinski definition) is 2. The smallest absolute Gasteiger partial charge is 0.346 e. The Labute approximate surface area is 102 Å². The maximum atomic E-state index is 10.7. The van der Waals surface area contributed by atoms with E-state index in [9.17, 15) is 4.79 Å². The second-order valence-corrected chi connectivity index (χ2v) is 4.32. The summed E-state index contributed by atoms with van der Waals surface area (Å²) in [7, 11) is 0. The van der Waals surface area contributed by atoms with Crippen molar-refractivity contribution < 1.29 is 19.7 Å². The van der Waals surface area contributed by atoms with E-state index in [-0.39, 0.29) is 10.6 Å². The fourth-order valence-electron chi connectivity index (χ4n) is 1.27. The number of ether oxygens (including phenoxy) is 1. The van der Waals surface area contributed by atoms with Crippen LogP contribution in [0, 0.1) is 0 Å². The fourth-order valence-corrected chi connectivity index (χ4v) is 1.93. The number of carboxylic acid groups (broad SMARTS) is 1. The van der Waals surface area contributed by atoms with Crippen molar-refractivity contribution in [3.05, 3.63) is 46.2 Å². The summed E-state index contributed by atoms with van der Waals surface area (Å²) in [5, 5.41) is 19.5. The molecule has 5 heteroatoms. The van der Waals surface area contributed by atoms with Crippen molar-refractivity contribution in [1.29, 1.82) is 0 Å². The van der Waals surface area contributed by atoms with Gasteiger partial charge in [0.2, 0.25) is 0 Å². The first-order valence-electron chi connectivity index (χ1n) is 4.87. The topological polar surface area (TPSA) is 66.8 Å². The zero-order chi connectivity index (χ0) is 12.3. The van der Waals surface area contributed by atoms with Crippen molar-refractivity contribution >= 4 is 17.3 Å². The summed E-state index contributed by atoms with van der Waals surface area (Å²) >= 11 is 1.13. The second kappa shape index (κ2) is 4.88.